The maximum Gasteiger partial charge on any atom is 0.254 e. The summed E-state index contributed by atoms with van der Waals surface area (Å²) in [7, 11) is 0. The molecule has 45 heavy (non-hydrogen) atoms. The molecule has 0 aliphatic carbocycles. The molecule has 0 radical (unpaired) electrons. The molecule has 3 aliphatic heterocycles. The predicted molar refractivity (Wildman–Crippen MR) is 176 cm³/mol. The van der Waals surface area contributed by atoms with E-state index in [4.69, 9.17) is 28.2 Å². The zero-order valence-corrected chi connectivity index (χ0v) is 26.7. The first kappa shape index (κ1) is 30.3. The van der Waals surface area contributed by atoms with Gasteiger partial charge < -0.3 is 10.6 Å². The summed E-state index contributed by atoms with van der Waals surface area (Å²) in [4.78, 5) is 23.3. The highest BCUT2D eigenvalue weighted by molar-refractivity contribution is 6.31. The minimum atomic E-state index is -0.0866. The second kappa shape index (κ2) is 13.2. The summed E-state index contributed by atoms with van der Waals surface area (Å²) < 4.78 is 3.41. The number of hydrogen-bond donors (Lipinski definition) is 3. The molecule has 3 aliphatic rings. The summed E-state index contributed by atoms with van der Waals surface area (Å²) in [5.74, 6) is 1.90. The van der Waals surface area contributed by atoms with Crippen LogP contribution >= 0.6 is 23.2 Å². The Morgan fingerprint density at radius 3 is 2.71 bits per heavy atom. The molecule has 3 N–H and O–H groups in total. The number of benzene rings is 1. The first-order chi connectivity index (χ1) is 21.9. The first-order valence-corrected chi connectivity index (χ1v) is 16.6. The fraction of sp³-hybridized carbons (Fsp3) is 0.469. The Morgan fingerprint density at radius 2 is 1.91 bits per heavy atom. The lowest BCUT2D eigenvalue weighted by molar-refractivity contribution is 0.177. The Balaban J connectivity index is 1.18. The van der Waals surface area contributed by atoms with Crippen molar-refractivity contribution in [3.05, 3.63) is 81.7 Å². The Hall–Kier alpha value is -3.35. The lowest BCUT2D eigenvalue weighted by Gasteiger charge is -2.40. The van der Waals surface area contributed by atoms with E-state index in [0.29, 0.717) is 39.8 Å². The molecule has 6 atom stereocenters. The molecule has 3 aromatic heterocycles. The molecule has 0 amide bonds. The number of pyridine rings is 1. The number of hydrogen-bond acceptors (Lipinski definition) is 9. The number of fused-ring (bicyclic) bond motifs is 4. The van der Waals surface area contributed by atoms with E-state index in [-0.39, 0.29) is 28.8 Å². The molecule has 13 heteroatoms. The van der Waals surface area contributed by atoms with E-state index in [2.05, 4.69) is 49.4 Å². The van der Waals surface area contributed by atoms with Gasteiger partial charge in [-0.15, -0.1) is 5.10 Å². The standard InChI is InChI=1S/C32H38Cl2N10O/c1-20-5-4-6-28(25-13-21(10-12-35-25)32-26(37-16-20)17-44(40-32)30-7-2-3-11-36-30)42-19-38-24(15-31(42)45)23-14-22(33)8-9-27(23)43-18-29(34)39-41-43/h2-3,7-9,11,14-15,18-21,25-26,28,32,35,37,40H,4-6,10,12-13,16-17H2,1H3/t20-,21?,25?,26?,28+,32?/m1/s1. The number of piperidine rings is 1. The quantitative estimate of drug-likeness (QED) is 0.298. The van der Waals surface area contributed by atoms with Crippen LogP contribution in [-0.2, 0) is 0 Å². The van der Waals surface area contributed by atoms with Gasteiger partial charge >= 0.3 is 0 Å². The molecule has 0 saturated carbocycles. The van der Waals surface area contributed by atoms with Gasteiger partial charge in [-0.1, -0.05) is 47.8 Å². The fourth-order valence-corrected chi connectivity index (χ4v) is 7.58. The van der Waals surface area contributed by atoms with E-state index >= 15 is 0 Å². The maximum absolute atomic E-state index is 13.9. The maximum atomic E-state index is 13.9. The SMILES string of the molecule is C[C@@H]1CCC[C@H](n2cnc(-c3cc(Cl)ccc3-n3cc(Cl)nn3)cc2=O)C2CC(CCN2)C2NN(c3ccccn3)CC2NC1. The minimum Gasteiger partial charge on any atom is -0.312 e. The molecule has 1 aromatic carbocycles. The molecule has 4 unspecified atom stereocenters. The monoisotopic (exact) mass is 648 g/mol. The van der Waals surface area contributed by atoms with E-state index in [9.17, 15) is 4.79 Å². The van der Waals surface area contributed by atoms with Crippen LogP contribution in [0.4, 0.5) is 5.82 Å². The summed E-state index contributed by atoms with van der Waals surface area (Å²) in [5.41, 5.74) is 5.62. The first-order valence-electron chi connectivity index (χ1n) is 15.8. The van der Waals surface area contributed by atoms with E-state index in [0.717, 1.165) is 57.6 Å². The van der Waals surface area contributed by atoms with Gasteiger partial charge in [-0.05, 0) is 80.9 Å². The van der Waals surface area contributed by atoms with Gasteiger partial charge in [-0.3, -0.25) is 14.4 Å². The Morgan fingerprint density at radius 1 is 1.00 bits per heavy atom. The summed E-state index contributed by atoms with van der Waals surface area (Å²) in [6, 6.07) is 13.7. The van der Waals surface area contributed by atoms with Gasteiger partial charge in [0.15, 0.2) is 5.15 Å². The summed E-state index contributed by atoms with van der Waals surface area (Å²) >= 11 is 12.4. The number of aromatic nitrogens is 6. The second-order valence-electron chi connectivity index (χ2n) is 12.6. The van der Waals surface area contributed by atoms with Gasteiger partial charge in [0.1, 0.15) is 5.82 Å². The highest BCUT2D eigenvalue weighted by Crippen LogP contribution is 2.34. The van der Waals surface area contributed by atoms with Crippen LogP contribution in [0.2, 0.25) is 10.2 Å². The molecule has 7 rings (SSSR count). The van der Waals surface area contributed by atoms with E-state index in [1.807, 2.05) is 29.0 Å². The van der Waals surface area contributed by atoms with Crippen LogP contribution in [-0.4, -0.2) is 67.3 Å². The molecule has 236 valence electrons. The van der Waals surface area contributed by atoms with Crippen molar-refractivity contribution >= 4 is 29.0 Å². The topological polar surface area (TPSA) is 118 Å². The zero-order chi connectivity index (χ0) is 30.9. The summed E-state index contributed by atoms with van der Waals surface area (Å²) in [6.07, 6.45) is 10.2. The molecular weight excluding hydrogens is 611 g/mol. The molecule has 11 nitrogen and oxygen atoms in total. The number of hydrazine groups is 1. The normalized spacial score (nSPS) is 27.4. The van der Waals surface area contributed by atoms with Crippen molar-refractivity contribution in [2.75, 3.05) is 24.6 Å². The minimum absolute atomic E-state index is 0.0128. The molecule has 3 fully saturated rings. The number of nitrogens with zero attached hydrogens (tertiary/aromatic N) is 7. The second-order valence-corrected chi connectivity index (χ2v) is 13.4. The molecule has 3 saturated heterocycles. The Kier molecular flexibility index (Phi) is 8.87. The van der Waals surface area contributed by atoms with Gasteiger partial charge in [-0.2, -0.15) is 0 Å². The highest BCUT2D eigenvalue weighted by Gasteiger charge is 2.42. The van der Waals surface area contributed by atoms with Crippen LogP contribution in [0.15, 0.2) is 66.0 Å². The van der Waals surface area contributed by atoms with Gasteiger partial charge in [0.2, 0.25) is 0 Å². The summed E-state index contributed by atoms with van der Waals surface area (Å²) in [5, 5.41) is 18.7. The van der Waals surface area contributed by atoms with Crippen LogP contribution in [0.3, 0.4) is 0 Å². The third-order valence-corrected chi connectivity index (χ3v) is 9.97. The molecular formula is C32H38Cl2N10O. The van der Waals surface area contributed by atoms with Crippen molar-refractivity contribution in [2.45, 2.75) is 63.2 Å². The van der Waals surface area contributed by atoms with Crippen molar-refractivity contribution in [1.29, 1.82) is 0 Å². The smallest absolute Gasteiger partial charge is 0.254 e. The van der Waals surface area contributed by atoms with Crippen molar-refractivity contribution in [3.8, 4) is 16.9 Å². The highest BCUT2D eigenvalue weighted by atomic mass is 35.5. The number of rotatable bonds is 4. The van der Waals surface area contributed by atoms with E-state index in [1.54, 1.807) is 35.4 Å². The molecule has 4 aromatic rings. The van der Waals surface area contributed by atoms with Crippen molar-refractivity contribution < 1.29 is 0 Å². The average Bonchev–Trinajstić information content (AvgIpc) is 3.69. The van der Waals surface area contributed by atoms with Crippen LogP contribution in [0.5, 0.6) is 0 Å². The van der Waals surface area contributed by atoms with E-state index < -0.39 is 0 Å². The van der Waals surface area contributed by atoms with Crippen LogP contribution in [0.1, 0.15) is 45.1 Å². The third kappa shape index (κ3) is 6.50. The largest absolute Gasteiger partial charge is 0.312 e. The molecule has 6 heterocycles. The van der Waals surface area contributed by atoms with Crippen LogP contribution in [0.25, 0.3) is 16.9 Å². The van der Waals surface area contributed by atoms with Gasteiger partial charge in [0, 0.05) is 41.0 Å². The fourth-order valence-electron chi connectivity index (χ4n) is 7.28. The summed E-state index contributed by atoms with van der Waals surface area (Å²) in [6.45, 7) is 5.05. The Bertz CT molecular complexity index is 1680. The van der Waals surface area contributed by atoms with E-state index in [1.165, 1.54) is 0 Å². The lowest BCUT2D eigenvalue weighted by atomic mass is 9.80. The number of anilines is 1. The van der Waals surface area contributed by atoms with Crippen molar-refractivity contribution in [1.82, 2.24) is 45.6 Å². The predicted octanol–water partition coefficient (Wildman–Crippen LogP) is 4.27. The van der Waals surface area contributed by atoms with Crippen molar-refractivity contribution in [2.24, 2.45) is 11.8 Å². The third-order valence-electron chi connectivity index (χ3n) is 9.56. The molecule has 2 bridgehead atoms. The number of nitrogens with one attached hydrogen (secondary N) is 3. The van der Waals surface area contributed by atoms with Gasteiger partial charge in [0.05, 0.1) is 36.5 Å². The van der Waals surface area contributed by atoms with Crippen LogP contribution < -0.4 is 26.6 Å². The lowest BCUT2D eigenvalue weighted by Crippen LogP contribution is -2.54. The van der Waals surface area contributed by atoms with Crippen molar-refractivity contribution in [3.63, 3.8) is 0 Å². The molecule has 0 spiro atoms. The number of halogens is 2. The van der Waals surface area contributed by atoms with Gasteiger partial charge in [0.25, 0.3) is 5.56 Å². The van der Waals surface area contributed by atoms with Crippen LogP contribution in [0, 0.1) is 11.8 Å². The average molecular weight is 650 g/mol. The zero-order valence-electron chi connectivity index (χ0n) is 25.2. The van der Waals surface area contributed by atoms with Gasteiger partial charge in [-0.25, -0.2) is 20.1 Å². The Labute approximate surface area is 272 Å².